The van der Waals surface area contributed by atoms with Crippen molar-refractivity contribution < 1.29 is 0 Å². The summed E-state index contributed by atoms with van der Waals surface area (Å²) >= 11 is 0. The van der Waals surface area contributed by atoms with Gasteiger partial charge in [-0.2, -0.15) is 0 Å². The minimum absolute atomic E-state index is 0.707. The summed E-state index contributed by atoms with van der Waals surface area (Å²) in [4.78, 5) is 20.0. The van der Waals surface area contributed by atoms with Crippen LogP contribution in [0.25, 0.3) is 177 Å². The van der Waals surface area contributed by atoms with Gasteiger partial charge in [-0.15, -0.1) is 0 Å². The van der Waals surface area contributed by atoms with E-state index < -0.39 is 0 Å². The summed E-state index contributed by atoms with van der Waals surface area (Å²) < 4.78 is 9.32. The predicted molar refractivity (Wildman–Crippen MR) is 406 cm³/mol. The molecule has 20 aromatic rings. The van der Waals surface area contributed by atoms with E-state index in [1.54, 1.807) is 0 Å². The monoisotopic (exact) mass is 1250 g/mol. The molecule has 0 fully saturated rings. The van der Waals surface area contributed by atoms with Gasteiger partial charge in [-0.05, 0) is 160 Å². The standard InChI is InChI=1S/C50H32N4.C40H26N4/c1-2-12-39(13-3-1)53-31-30-44-46(53)29-28-42-41-14-7-9-17-47(41)54(49(42)44)40-26-24-36(25-27-40)50-51-45-16-8-6-15-43(45)48(52-50)35-21-18-34(19-22-35)38-23-20-33-10-4-5-11-37(33)32-38;1-2-11-29(12-3-1)43-26-24-35-37(43)22-21-34-33-14-6-7-16-38(33)44(39(34)35)30-19-17-28(18-20-30)40-41-25-23-36(42-40)32-15-8-10-27-9-4-5-13-31(27)32/h1-32H;1-26H. The average molecular weight is 1250 g/mol. The molecule has 0 aliphatic heterocycles. The molecule has 14 aromatic carbocycles. The lowest BCUT2D eigenvalue weighted by atomic mass is 9.98. The summed E-state index contributed by atoms with van der Waals surface area (Å²) in [6.07, 6.45) is 6.20. The van der Waals surface area contributed by atoms with Crippen LogP contribution in [0.1, 0.15) is 0 Å². The Bertz CT molecular complexity index is 6450. The van der Waals surface area contributed by atoms with Crippen LogP contribution < -0.4 is 0 Å². The van der Waals surface area contributed by atoms with Crippen molar-refractivity contribution in [3.8, 4) is 79.2 Å². The fraction of sp³-hybridized carbons (Fsp3) is 0. The molecule has 6 heterocycles. The van der Waals surface area contributed by atoms with Crippen molar-refractivity contribution in [2.45, 2.75) is 0 Å². The topological polar surface area (TPSA) is 71.3 Å². The fourth-order valence-electron chi connectivity index (χ4n) is 14.7. The molecule has 8 heteroatoms. The third kappa shape index (κ3) is 9.53. The van der Waals surface area contributed by atoms with Gasteiger partial charge < -0.3 is 18.3 Å². The van der Waals surface area contributed by atoms with E-state index in [0.717, 1.165) is 67.3 Å². The molecular weight excluding hydrogens is 1190 g/mol. The zero-order valence-corrected chi connectivity index (χ0v) is 53.1. The molecular formula is C90H58N8. The Kier molecular flexibility index (Phi) is 13.4. The molecule has 0 amide bonds. The van der Waals surface area contributed by atoms with Gasteiger partial charge in [-0.25, -0.2) is 19.9 Å². The van der Waals surface area contributed by atoms with Crippen LogP contribution in [-0.2, 0) is 0 Å². The first-order valence-electron chi connectivity index (χ1n) is 33.2. The van der Waals surface area contributed by atoms with Crippen LogP contribution in [0, 0.1) is 0 Å². The quantitative estimate of drug-likeness (QED) is 0.144. The highest BCUT2D eigenvalue weighted by Crippen LogP contribution is 2.41. The van der Waals surface area contributed by atoms with E-state index in [1.807, 2.05) is 18.3 Å². The van der Waals surface area contributed by atoms with Gasteiger partial charge in [-0.1, -0.05) is 206 Å². The molecule has 0 spiro atoms. The van der Waals surface area contributed by atoms with Crippen molar-refractivity contribution in [3.05, 3.63) is 352 Å². The molecule has 8 nitrogen and oxygen atoms in total. The second-order valence-corrected chi connectivity index (χ2v) is 25.0. The molecule has 0 saturated carbocycles. The Morgan fingerprint density at radius 3 is 1.36 bits per heavy atom. The average Bonchev–Trinajstić information content (AvgIpc) is 1.57. The van der Waals surface area contributed by atoms with Crippen LogP contribution >= 0.6 is 0 Å². The molecule has 0 aliphatic rings. The lowest BCUT2D eigenvalue weighted by Gasteiger charge is -2.12. The van der Waals surface area contributed by atoms with E-state index >= 15 is 0 Å². The van der Waals surface area contributed by atoms with Gasteiger partial charge in [0.2, 0.25) is 0 Å². The van der Waals surface area contributed by atoms with E-state index in [0.29, 0.717) is 11.6 Å². The number of benzene rings is 14. The molecule has 0 bridgehead atoms. The molecule has 98 heavy (non-hydrogen) atoms. The molecule has 0 saturated heterocycles. The number of aromatic nitrogens is 8. The van der Waals surface area contributed by atoms with Gasteiger partial charge >= 0.3 is 0 Å². The number of nitrogens with zero attached hydrogens (tertiary/aromatic N) is 8. The maximum absolute atomic E-state index is 5.23. The minimum Gasteiger partial charge on any atom is -0.316 e. The number of hydrogen-bond acceptors (Lipinski definition) is 4. The van der Waals surface area contributed by atoms with Gasteiger partial charge in [0.1, 0.15) is 0 Å². The SMILES string of the molecule is c1ccc(-n2ccc3c2ccc2c4ccccc4n(-c4ccc(-c5nc(-c6ccc(-c7ccc8ccccc8c7)cc6)c6ccccc6n5)cc4)c23)cc1.c1ccc(-n2ccc3c2ccc2c4ccccc4n(-c4ccc(-c5nccc(-c6cccc7ccccc67)n5)cc4)c23)cc1. The highest BCUT2D eigenvalue weighted by Gasteiger charge is 2.21. The Hall–Kier alpha value is -13.3. The zero-order valence-electron chi connectivity index (χ0n) is 53.1. The van der Waals surface area contributed by atoms with Crippen molar-refractivity contribution in [2.24, 2.45) is 0 Å². The van der Waals surface area contributed by atoms with Crippen molar-refractivity contribution in [1.82, 2.24) is 38.2 Å². The first-order chi connectivity index (χ1) is 48.6. The largest absolute Gasteiger partial charge is 0.316 e. The Labute approximate surface area is 564 Å². The second kappa shape index (κ2) is 23.3. The Morgan fingerprint density at radius 2 is 0.735 bits per heavy atom. The summed E-state index contributed by atoms with van der Waals surface area (Å²) in [5.41, 5.74) is 20.9. The molecule has 0 unspecified atom stereocenters. The highest BCUT2D eigenvalue weighted by molar-refractivity contribution is 6.20. The first-order valence-corrected chi connectivity index (χ1v) is 33.2. The van der Waals surface area contributed by atoms with Crippen LogP contribution in [0.15, 0.2) is 352 Å². The number of fused-ring (bicyclic) bond motifs is 13. The number of para-hydroxylation sites is 5. The number of rotatable bonds is 9. The Balaban J connectivity index is 0.000000140. The lowest BCUT2D eigenvalue weighted by molar-refractivity contribution is 1.13. The highest BCUT2D eigenvalue weighted by atomic mass is 15.0. The van der Waals surface area contributed by atoms with Crippen LogP contribution in [0.4, 0.5) is 0 Å². The second-order valence-electron chi connectivity index (χ2n) is 25.0. The summed E-state index contributed by atoms with van der Waals surface area (Å²) in [6.45, 7) is 0. The molecule has 6 aromatic heterocycles. The summed E-state index contributed by atoms with van der Waals surface area (Å²) in [5.74, 6) is 1.42. The molecule has 0 aliphatic carbocycles. The van der Waals surface area contributed by atoms with Crippen LogP contribution in [0.5, 0.6) is 0 Å². The van der Waals surface area contributed by atoms with Gasteiger partial charge in [0.15, 0.2) is 11.6 Å². The van der Waals surface area contributed by atoms with Gasteiger partial charge in [0.25, 0.3) is 0 Å². The number of hydrogen-bond donors (Lipinski definition) is 0. The normalized spacial score (nSPS) is 11.7. The smallest absolute Gasteiger partial charge is 0.160 e. The Morgan fingerprint density at radius 1 is 0.245 bits per heavy atom. The maximum Gasteiger partial charge on any atom is 0.160 e. The van der Waals surface area contributed by atoms with E-state index in [9.17, 15) is 0 Å². The van der Waals surface area contributed by atoms with Crippen molar-refractivity contribution in [1.29, 1.82) is 0 Å². The zero-order chi connectivity index (χ0) is 64.6. The van der Waals surface area contributed by atoms with Crippen molar-refractivity contribution >= 4 is 97.9 Å². The van der Waals surface area contributed by atoms with Crippen molar-refractivity contribution in [2.75, 3.05) is 0 Å². The van der Waals surface area contributed by atoms with E-state index in [1.165, 1.54) is 98.1 Å². The van der Waals surface area contributed by atoms with Crippen molar-refractivity contribution in [3.63, 3.8) is 0 Å². The summed E-state index contributed by atoms with van der Waals surface area (Å²) in [5, 5.41) is 13.3. The molecule has 458 valence electrons. The van der Waals surface area contributed by atoms with Gasteiger partial charge in [0, 0.05) is 101 Å². The lowest BCUT2D eigenvalue weighted by Crippen LogP contribution is -1.97. The van der Waals surface area contributed by atoms with Gasteiger partial charge in [-0.3, -0.25) is 0 Å². The maximum atomic E-state index is 5.23. The molecule has 0 atom stereocenters. The molecule has 0 radical (unpaired) electrons. The molecule has 20 rings (SSSR count). The van der Waals surface area contributed by atoms with E-state index in [-0.39, 0.29) is 0 Å². The molecule has 0 N–H and O–H groups in total. The fourth-order valence-corrected chi connectivity index (χ4v) is 14.7. The van der Waals surface area contributed by atoms with Crippen LogP contribution in [0.3, 0.4) is 0 Å². The van der Waals surface area contributed by atoms with E-state index in [4.69, 9.17) is 15.0 Å². The third-order valence-electron chi connectivity index (χ3n) is 19.4. The van der Waals surface area contributed by atoms with Gasteiger partial charge in [0.05, 0.1) is 50.0 Å². The predicted octanol–water partition coefficient (Wildman–Crippen LogP) is 22.8. The van der Waals surface area contributed by atoms with E-state index in [2.05, 4.69) is 357 Å². The van der Waals surface area contributed by atoms with Crippen LogP contribution in [0.2, 0.25) is 0 Å². The summed E-state index contributed by atoms with van der Waals surface area (Å²) in [6, 6.07) is 118. The summed E-state index contributed by atoms with van der Waals surface area (Å²) in [7, 11) is 0. The first kappa shape index (κ1) is 56.3. The minimum atomic E-state index is 0.707. The van der Waals surface area contributed by atoms with Crippen LogP contribution in [-0.4, -0.2) is 38.2 Å². The third-order valence-corrected chi connectivity index (χ3v) is 19.4.